The van der Waals surface area contributed by atoms with Gasteiger partial charge in [-0.2, -0.15) is 13.2 Å². The molecule has 0 spiro atoms. The zero-order chi connectivity index (χ0) is 11.2. The van der Waals surface area contributed by atoms with E-state index < -0.39 is 12.0 Å². The number of nitrogens with two attached hydrogens (primary N) is 1. The fourth-order valence-corrected chi connectivity index (χ4v) is 1.87. The summed E-state index contributed by atoms with van der Waals surface area (Å²) in [4.78, 5) is 9.97. The largest absolute Gasteiger partial charge is 0.451 e. The third kappa shape index (κ3) is 1.82. The number of nitrogens with zero attached hydrogens (tertiary/aromatic N) is 3. The van der Waals surface area contributed by atoms with Crippen LogP contribution in [0.25, 0.3) is 10.3 Å². The van der Waals surface area contributed by atoms with Gasteiger partial charge in [0.05, 0.1) is 0 Å². The number of anilines is 1. The van der Waals surface area contributed by atoms with Crippen LogP contribution in [0.5, 0.6) is 0 Å². The first-order valence-corrected chi connectivity index (χ1v) is 4.74. The van der Waals surface area contributed by atoms with Crippen molar-refractivity contribution in [3.8, 4) is 0 Å². The third-order valence-corrected chi connectivity index (χ3v) is 2.75. The molecule has 80 valence electrons. The zero-order valence-corrected chi connectivity index (χ0v) is 8.41. The lowest BCUT2D eigenvalue weighted by atomic mass is 10.5. The van der Waals surface area contributed by atoms with Crippen LogP contribution in [0.1, 0.15) is 5.82 Å². The maximum Gasteiger partial charge on any atom is 0.451 e. The van der Waals surface area contributed by atoms with Crippen molar-refractivity contribution in [1.29, 1.82) is 0 Å². The molecule has 2 heterocycles. The first kappa shape index (κ1) is 10.4. The Labute approximate surface area is 89.9 Å². The minimum absolute atomic E-state index is 0.0977. The molecular formula is C6H2ClF3N4S. The Morgan fingerprint density at radius 2 is 1.87 bits per heavy atom. The molecule has 2 rings (SSSR count). The molecular weight excluding hydrogens is 253 g/mol. The molecule has 2 N–H and O–H groups in total. The van der Waals surface area contributed by atoms with Gasteiger partial charge in [0.15, 0.2) is 15.9 Å². The van der Waals surface area contributed by atoms with Gasteiger partial charge in [-0.25, -0.2) is 15.0 Å². The van der Waals surface area contributed by atoms with Gasteiger partial charge in [-0.05, 0) is 0 Å². The summed E-state index contributed by atoms with van der Waals surface area (Å²) in [6.07, 6.45) is -4.64. The van der Waals surface area contributed by atoms with Crippen LogP contribution in [0.15, 0.2) is 0 Å². The summed E-state index contributed by atoms with van der Waals surface area (Å²) in [6, 6.07) is 0. The van der Waals surface area contributed by atoms with Crippen LogP contribution in [0.3, 0.4) is 0 Å². The Hall–Kier alpha value is -1.15. The first-order chi connectivity index (χ1) is 6.88. The van der Waals surface area contributed by atoms with Crippen molar-refractivity contribution in [3.05, 3.63) is 11.0 Å². The predicted molar refractivity (Wildman–Crippen MR) is 49.6 cm³/mol. The van der Waals surface area contributed by atoms with E-state index in [2.05, 4.69) is 15.0 Å². The zero-order valence-electron chi connectivity index (χ0n) is 6.84. The van der Waals surface area contributed by atoms with E-state index in [1.54, 1.807) is 0 Å². The second-order valence-corrected chi connectivity index (χ2v) is 3.93. The highest BCUT2D eigenvalue weighted by Crippen LogP contribution is 2.32. The fourth-order valence-electron chi connectivity index (χ4n) is 0.934. The van der Waals surface area contributed by atoms with Crippen molar-refractivity contribution >= 4 is 38.4 Å². The quantitative estimate of drug-likeness (QED) is 0.733. The molecule has 0 atom stereocenters. The maximum atomic E-state index is 12.3. The molecule has 0 fully saturated rings. The number of halogens is 4. The highest BCUT2D eigenvalue weighted by Gasteiger charge is 2.35. The van der Waals surface area contributed by atoms with Crippen molar-refractivity contribution in [1.82, 2.24) is 15.0 Å². The number of thiazole rings is 1. The van der Waals surface area contributed by atoms with Gasteiger partial charge < -0.3 is 5.73 Å². The van der Waals surface area contributed by atoms with Gasteiger partial charge in [-0.3, -0.25) is 0 Å². The van der Waals surface area contributed by atoms with Crippen LogP contribution in [-0.4, -0.2) is 15.0 Å². The van der Waals surface area contributed by atoms with Gasteiger partial charge in [0.2, 0.25) is 5.82 Å². The lowest BCUT2D eigenvalue weighted by molar-refractivity contribution is -0.144. The molecule has 15 heavy (non-hydrogen) atoms. The summed E-state index contributed by atoms with van der Waals surface area (Å²) in [7, 11) is 0. The standard InChI is InChI=1S/C6H2ClF3N4S/c7-2-1-3(14-5(11)15-1)13-4(12-2)6(8,9)10/h(H2,11,12,13,14). The van der Waals surface area contributed by atoms with Gasteiger partial charge in [0.25, 0.3) is 0 Å². The molecule has 0 aliphatic heterocycles. The highest BCUT2D eigenvalue weighted by molar-refractivity contribution is 7.22. The molecule has 4 nitrogen and oxygen atoms in total. The SMILES string of the molecule is Nc1nc2nc(C(F)(F)F)nc(Cl)c2s1. The molecule has 2 aromatic rings. The highest BCUT2D eigenvalue weighted by atomic mass is 35.5. The summed E-state index contributed by atoms with van der Waals surface area (Å²) in [6.45, 7) is 0. The number of rotatable bonds is 0. The molecule has 0 unspecified atom stereocenters. The maximum absolute atomic E-state index is 12.3. The minimum Gasteiger partial charge on any atom is -0.375 e. The smallest absolute Gasteiger partial charge is 0.375 e. The van der Waals surface area contributed by atoms with Crippen LogP contribution in [-0.2, 0) is 6.18 Å². The molecule has 0 aromatic carbocycles. The van der Waals surface area contributed by atoms with E-state index in [1.165, 1.54) is 0 Å². The Morgan fingerprint density at radius 1 is 1.20 bits per heavy atom. The first-order valence-electron chi connectivity index (χ1n) is 3.54. The molecule has 9 heteroatoms. The van der Waals surface area contributed by atoms with Gasteiger partial charge in [0, 0.05) is 0 Å². The van der Waals surface area contributed by atoms with Gasteiger partial charge >= 0.3 is 6.18 Å². The summed E-state index contributed by atoms with van der Waals surface area (Å²) >= 11 is 6.49. The number of hydrogen-bond donors (Lipinski definition) is 1. The number of alkyl halides is 3. The Balaban J connectivity index is 2.72. The lowest BCUT2D eigenvalue weighted by Crippen LogP contribution is -2.11. The Morgan fingerprint density at radius 3 is 2.47 bits per heavy atom. The normalized spacial score (nSPS) is 12.3. The van der Waals surface area contributed by atoms with Crippen molar-refractivity contribution in [3.63, 3.8) is 0 Å². The molecule has 0 bridgehead atoms. The van der Waals surface area contributed by atoms with E-state index in [4.69, 9.17) is 17.3 Å². The van der Waals surface area contributed by atoms with Gasteiger partial charge in [0.1, 0.15) is 4.70 Å². The van der Waals surface area contributed by atoms with Crippen molar-refractivity contribution in [2.45, 2.75) is 6.18 Å². The van der Waals surface area contributed by atoms with Crippen molar-refractivity contribution in [2.24, 2.45) is 0 Å². The average molecular weight is 255 g/mol. The molecule has 0 saturated heterocycles. The summed E-state index contributed by atoms with van der Waals surface area (Å²) < 4.78 is 37.0. The number of nitrogen functional groups attached to an aromatic ring is 1. The Kier molecular flexibility index (Phi) is 2.19. The molecule has 0 radical (unpaired) electrons. The van der Waals surface area contributed by atoms with Crippen LogP contribution in [0.4, 0.5) is 18.3 Å². The topological polar surface area (TPSA) is 64.7 Å². The minimum atomic E-state index is -4.64. The second kappa shape index (κ2) is 3.17. The van der Waals surface area contributed by atoms with Crippen molar-refractivity contribution in [2.75, 3.05) is 5.73 Å². The van der Waals surface area contributed by atoms with E-state index in [-0.39, 0.29) is 20.6 Å². The van der Waals surface area contributed by atoms with Crippen LogP contribution in [0.2, 0.25) is 5.15 Å². The average Bonchev–Trinajstić information content (AvgIpc) is 2.44. The van der Waals surface area contributed by atoms with Crippen LogP contribution >= 0.6 is 22.9 Å². The van der Waals surface area contributed by atoms with E-state index in [1.807, 2.05) is 0 Å². The fraction of sp³-hybridized carbons (Fsp3) is 0.167. The second-order valence-electron chi connectivity index (χ2n) is 2.54. The summed E-state index contributed by atoms with van der Waals surface area (Å²) in [5, 5.41) is -0.193. The summed E-state index contributed by atoms with van der Waals surface area (Å²) in [5.41, 5.74) is 5.18. The monoisotopic (exact) mass is 254 g/mol. The summed E-state index contributed by atoms with van der Waals surface area (Å²) in [5.74, 6) is -1.31. The molecule has 2 aromatic heterocycles. The number of fused-ring (bicyclic) bond motifs is 1. The van der Waals surface area contributed by atoms with Gasteiger partial charge in [-0.15, -0.1) is 0 Å². The van der Waals surface area contributed by atoms with Crippen LogP contribution in [0, 0.1) is 0 Å². The van der Waals surface area contributed by atoms with E-state index in [0.717, 1.165) is 11.3 Å². The lowest BCUT2D eigenvalue weighted by Gasteiger charge is -2.03. The number of hydrogen-bond acceptors (Lipinski definition) is 5. The molecule has 0 aliphatic carbocycles. The van der Waals surface area contributed by atoms with E-state index in [9.17, 15) is 13.2 Å². The van der Waals surface area contributed by atoms with E-state index >= 15 is 0 Å². The number of aromatic nitrogens is 3. The van der Waals surface area contributed by atoms with Crippen LogP contribution < -0.4 is 5.73 Å². The van der Waals surface area contributed by atoms with Gasteiger partial charge in [-0.1, -0.05) is 22.9 Å². The molecule has 0 aliphatic rings. The van der Waals surface area contributed by atoms with Crippen molar-refractivity contribution < 1.29 is 13.2 Å². The Bertz CT molecular complexity index is 523. The predicted octanol–water partition coefficient (Wildman–Crippen LogP) is 2.34. The molecule has 0 amide bonds. The van der Waals surface area contributed by atoms with E-state index in [0.29, 0.717) is 0 Å². The molecule has 0 saturated carbocycles. The third-order valence-electron chi connectivity index (χ3n) is 1.48.